The van der Waals surface area contributed by atoms with Gasteiger partial charge in [0.05, 0.1) is 10.5 Å². The number of pyridine rings is 2. The normalized spacial score (nSPS) is 13.6. The van der Waals surface area contributed by atoms with Gasteiger partial charge in [0.1, 0.15) is 0 Å². The fourth-order valence-corrected chi connectivity index (χ4v) is 7.60. The van der Waals surface area contributed by atoms with E-state index in [2.05, 4.69) is 0 Å². The van der Waals surface area contributed by atoms with E-state index in [0.29, 0.717) is 0 Å². The van der Waals surface area contributed by atoms with Crippen LogP contribution in [0.25, 0.3) is 0 Å². The van der Waals surface area contributed by atoms with Gasteiger partial charge in [-0.2, -0.15) is 0 Å². The summed E-state index contributed by atoms with van der Waals surface area (Å²) in [7, 11) is -6.30. The number of benzene rings is 2. The molecular weight excluding hydrogens is 686 g/mol. The van der Waals surface area contributed by atoms with Gasteiger partial charge in [-0.25, -0.2) is 0 Å². The zero-order valence-electron chi connectivity index (χ0n) is 25.2. The summed E-state index contributed by atoms with van der Waals surface area (Å²) in [5.74, 6) is -1.20. The predicted molar refractivity (Wildman–Crippen MR) is 183 cm³/mol. The van der Waals surface area contributed by atoms with Crippen LogP contribution in [-0.4, -0.2) is 28.6 Å². The summed E-state index contributed by atoms with van der Waals surface area (Å²) in [6.07, 6.45) is 2.78. The van der Waals surface area contributed by atoms with Crippen molar-refractivity contribution in [3.8, 4) is 0 Å². The second-order valence-corrected chi connectivity index (χ2v) is 19.8. The van der Waals surface area contributed by atoms with Crippen molar-refractivity contribution in [1.29, 1.82) is 0 Å². The lowest BCUT2D eigenvalue weighted by atomic mass is 10.0. The van der Waals surface area contributed by atoms with Crippen LogP contribution in [0.3, 0.4) is 0 Å². The lowest BCUT2D eigenvalue weighted by Gasteiger charge is -2.35. The monoisotopic (exact) mass is 724 g/mol. The average molecular weight is 726 g/mol. The topological polar surface area (TPSA) is 129 Å². The Balaban J connectivity index is 0.000000274. The summed E-state index contributed by atoms with van der Waals surface area (Å²) < 4.78 is 43.8. The quantitative estimate of drug-likeness (QED) is 0.0667. The summed E-state index contributed by atoms with van der Waals surface area (Å²) in [6.45, 7) is 11.4. The van der Waals surface area contributed by atoms with Crippen molar-refractivity contribution in [1.82, 2.24) is 0 Å². The molecule has 2 atom stereocenters. The number of rotatable bonds is 6. The number of halogens is 3. The predicted octanol–water partition coefficient (Wildman–Crippen LogP) is 10.3. The lowest BCUT2D eigenvalue weighted by molar-refractivity contribution is -0.933. The van der Waals surface area contributed by atoms with Gasteiger partial charge in [-0.1, -0.05) is 81.2 Å². The largest absolute Gasteiger partial charge is 0.344 e. The standard InChI is InChI=1S/2C15H19NO3S.Cl3P/c2*1-11-7-8-12(2)14(10-11)13(3)20(18,19)15-6-4-5-9-16(15)17;1-4(2)3/h2*4-10,13H,1-3H3,(H2-,17,18,19);/p+2. The van der Waals surface area contributed by atoms with Crippen molar-refractivity contribution in [3.05, 3.63) is 119 Å². The molecule has 0 saturated heterocycles. The molecule has 0 radical (unpaired) electrons. The van der Waals surface area contributed by atoms with Gasteiger partial charge in [-0.15, -0.1) is 21.2 Å². The Morgan fingerprint density at radius 3 is 1.20 bits per heavy atom. The molecule has 14 heteroatoms. The molecule has 0 bridgehead atoms. The molecule has 44 heavy (non-hydrogen) atoms. The first-order chi connectivity index (χ1) is 20.4. The van der Waals surface area contributed by atoms with E-state index in [1.54, 1.807) is 38.1 Å². The van der Waals surface area contributed by atoms with E-state index in [0.717, 1.165) is 42.8 Å². The number of hydrogen-bond donors (Lipinski definition) is 6. The third kappa shape index (κ3) is 10.1. The molecule has 2 aromatic heterocycles. The fraction of sp³-hybridized carbons (Fsp3) is 0.267. The SMILES string of the molecule is Cc1ccc(C)c(C(C)S(O)(O)c2cccc[n+]2O)c1.Cc1ccc(C)c(C(C)S(O)(O)c2cccc[n+]2O)c1.ClP(Cl)Cl. The molecule has 0 aliphatic rings. The molecule has 0 saturated carbocycles. The van der Waals surface area contributed by atoms with Crippen molar-refractivity contribution in [2.45, 2.75) is 62.1 Å². The van der Waals surface area contributed by atoms with Crippen LogP contribution in [0, 0.1) is 27.7 Å². The van der Waals surface area contributed by atoms with Gasteiger partial charge in [0.2, 0.25) is 12.4 Å². The van der Waals surface area contributed by atoms with Crippen LogP contribution >= 0.6 is 60.9 Å². The minimum atomic E-state index is -3.15. The van der Waals surface area contributed by atoms with Crippen LogP contribution in [0.1, 0.15) is 57.7 Å². The van der Waals surface area contributed by atoms with Gasteiger partial charge in [-0.3, -0.25) is 28.6 Å². The van der Waals surface area contributed by atoms with Crippen LogP contribution < -0.4 is 9.46 Å². The van der Waals surface area contributed by atoms with E-state index in [4.69, 9.17) is 33.7 Å². The van der Waals surface area contributed by atoms with Crippen LogP contribution in [-0.2, 0) is 0 Å². The third-order valence-electron chi connectivity index (χ3n) is 6.95. The smallest absolute Gasteiger partial charge is 0.290 e. The molecule has 0 fully saturated rings. The van der Waals surface area contributed by atoms with Crippen LogP contribution in [0.2, 0.25) is 0 Å². The molecule has 0 aliphatic carbocycles. The maximum atomic E-state index is 10.6. The summed E-state index contributed by atoms with van der Waals surface area (Å²) in [5, 5.41) is 18.8. The molecule has 2 unspecified atom stereocenters. The Labute approximate surface area is 278 Å². The summed E-state index contributed by atoms with van der Waals surface area (Å²) in [6, 6.07) is 21.5. The average Bonchev–Trinajstić information content (AvgIpc) is 2.95. The molecule has 4 rings (SSSR count). The van der Waals surface area contributed by atoms with Crippen LogP contribution in [0.5, 0.6) is 0 Å². The van der Waals surface area contributed by atoms with Crippen molar-refractivity contribution < 1.29 is 38.1 Å². The highest BCUT2D eigenvalue weighted by Gasteiger charge is 2.35. The molecule has 0 spiro atoms. The van der Waals surface area contributed by atoms with Crippen molar-refractivity contribution >= 4 is 60.9 Å². The Morgan fingerprint density at radius 1 is 0.591 bits per heavy atom. The first-order valence-corrected chi connectivity index (χ1v) is 20.5. The van der Waals surface area contributed by atoms with Crippen molar-refractivity contribution in [3.63, 3.8) is 0 Å². The van der Waals surface area contributed by atoms with Crippen molar-refractivity contribution in [2.75, 3.05) is 0 Å². The highest BCUT2D eigenvalue weighted by atomic mass is 36.0. The molecule has 242 valence electrons. The number of aromatic nitrogens is 2. The zero-order chi connectivity index (χ0) is 33.4. The highest BCUT2D eigenvalue weighted by molar-refractivity contribution is 8.24. The number of hydrogen-bond acceptors (Lipinski definition) is 6. The number of aryl methyl sites for hydroxylation is 4. The van der Waals surface area contributed by atoms with Crippen LogP contribution in [0.15, 0.2) is 95.2 Å². The summed E-state index contributed by atoms with van der Waals surface area (Å²) >= 11 is 14.6. The third-order valence-corrected chi connectivity index (χ3v) is 11.3. The molecular formula is C30H40Cl3N2O6PS2+2. The van der Waals surface area contributed by atoms with E-state index in [9.17, 15) is 28.6 Å². The minimum absolute atomic E-state index is 0.119. The van der Waals surface area contributed by atoms with Gasteiger partial charge in [0.25, 0.3) is 0 Å². The molecule has 4 aromatic rings. The fourth-order valence-electron chi connectivity index (χ4n) is 4.43. The minimum Gasteiger partial charge on any atom is -0.290 e. The molecule has 6 N–H and O–H groups in total. The number of nitrogens with zero attached hydrogens (tertiary/aromatic N) is 2. The van der Waals surface area contributed by atoms with Gasteiger partial charge in [0, 0.05) is 33.7 Å². The highest BCUT2D eigenvalue weighted by Crippen LogP contribution is 2.59. The molecule has 8 nitrogen and oxygen atoms in total. The van der Waals surface area contributed by atoms with Crippen molar-refractivity contribution in [2.24, 2.45) is 0 Å². The van der Waals surface area contributed by atoms with E-state index >= 15 is 0 Å². The van der Waals surface area contributed by atoms with E-state index in [1.807, 2.05) is 64.1 Å². The first kappa shape index (κ1) is 38.4. The summed E-state index contributed by atoms with van der Waals surface area (Å²) in [4.78, 5) is 0. The zero-order valence-corrected chi connectivity index (χ0v) is 30.0. The second-order valence-electron chi connectivity index (χ2n) is 10.1. The molecule has 2 heterocycles. The maximum Gasteiger partial charge on any atom is 0.344 e. The van der Waals surface area contributed by atoms with Gasteiger partial charge in [-0.05, 0) is 75.9 Å². The lowest BCUT2D eigenvalue weighted by Crippen LogP contribution is -2.36. The van der Waals surface area contributed by atoms with Gasteiger partial charge >= 0.3 is 10.1 Å². The Bertz CT molecular complexity index is 1430. The molecule has 0 amide bonds. The van der Waals surface area contributed by atoms with Gasteiger partial charge in [0.15, 0.2) is 5.98 Å². The molecule has 0 aliphatic heterocycles. The Kier molecular flexibility index (Phi) is 14.5. The second kappa shape index (κ2) is 16.7. The van der Waals surface area contributed by atoms with Crippen LogP contribution in [0.4, 0.5) is 0 Å². The van der Waals surface area contributed by atoms with Gasteiger partial charge < -0.3 is 0 Å². The van der Waals surface area contributed by atoms with E-state index < -0.39 is 37.7 Å². The first-order valence-electron chi connectivity index (χ1n) is 13.3. The molecule has 2 aromatic carbocycles. The van der Waals surface area contributed by atoms with E-state index in [-0.39, 0.29) is 10.1 Å². The Hall–Kier alpha value is -1.82. The summed E-state index contributed by atoms with van der Waals surface area (Å²) in [5.41, 5.74) is 5.91. The maximum absolute atomic E-state index is 10.6. The van der Waals surface area contributed by atoms with E-state index in [1.165, 1.54) is 24.5 Å². The Morgan fingerprint density at radius 2 is 0.909 bits per heavy atom.